The van der Waals surface area contributed by atoms with E-state index >= 15 is 0 Å². The lowest BCUT2D eigenvalue weighted by Gasteiger charge is -2.39. The van der Waals surface area contributed by atoms with Gasteiger partial charge in [-0.2, -0.15) is 0 Å². The molecule has 0 aromatic carbocycles. The number of hydrogen-bond acceptors (Lipinski definition) is 4. The summed E-state index contributed by atoms with van der Waals surface area (Å²) in [4.78, 5) is 28.1. The fourth-order valence-electron chi connectivity index (χ4n) is 5.76. The van der Waals surface area contributed by atoms with Crippen LogP contribution in [0.4, 0.5) is 14.5 Å². The number of methoxy groups -OCH3 is 1. The second-order valence-electron chi connectivity index (χ2n) is 10.1. The minimum atomic E-state index is -1.46. The first-order chi connectivity index (χ1) is 16.3. The highest BCUT2D eigenvalue weighted by atomic mass is 35.5. The number of carbonyl (C=O) groups excluding carboxylic acids is 1. The number of amides is 1. The first-order valence-corrected chi connectivity index (χ1v) is 13.4. The van der Waals surface area contributed by atoms with Crippen molar-refractivity contribution in [1.29, 1.82) is 0 Å². The minimum Gasteiger partial charge on any atom is -0.477 e. The van der Waals surface area contributed by atoms with E-state index in [1.807, 2.05) is 0 Å². The molecule has 4 rings (SSSR count). The fourth-order valence-corrected chi connectivity index (χ4v) is 6.85. The molecule has 196 valence electrons. The van der Waals surface area contributed by atoms with Gasteiger partial charge in [-0.05, 0) is 82.6 Å². The molecule has 1 unspecified atom stereocenters. The summed E-state index contributed by atoms with van der Waals surface area (Å²) >= 11 is 0.887. The largest absolute Gasteiger partial charge is 0.477 e. The van der Waals surface area contributed by atoms with Crippen molar-refractivity contribution >= 4 is 46.9 Å². The lowest BCUT2D eigenvalue weighted by Crippen LogP contribution is -2.47. The van der Waals surface area contributed by atoms with E-state index in [1.54, 1.807) is 18.1 Å². The highest BCUT2D eigenvalue weighted by Crippen LogP contribution is 2.44. The van der Waals surface area contributed by atoms with Crippen LogP contribution in [0.5, 0.6) is 0 Å². The molecule has 1 aromatic heterocycles. The van der Waals surface area contributed by atoms with Crippen LogP contribution in [0.3, 0.4) is 0 Å². The van der Waals surface area contributed by atoms with E-state index in [0.717, 1.165) is 49.9 Å². The monoisotopic (exact) mass is 531 g/mol. The highest BCUT2D eigenvalue weighted by Gasteiger charge is 2.38. The summed E-state index contributed by atoms with van der Waals surface area (Å²) in [7, 11) is 1.69. The summed E-state index contributed by atoms with van der Waals surface area (Å²) in [6.07, 6.45) is 6.03. The van der Waals surface area contributed by atoms with Gasteiger partial charge in [0.1, 0.15) is 16.9 Å². The zero-order valence-corrected chi connectivity index (χ0v) is 22.1. The quantitative estimate of drug-likeness (QED) is 0.422. The molecule has 0 saturated heterocycles. The zero-order chi connectivity index (χ0) is 24.4. The molecule has 1 N–H and O–H groups in total. The lowest BCUT2D eigenvalue weighted by atomic mass is 9.81. The number of carbonyl (C=O) groups is 2. The molecule has 3 aliphatic carbocycles. The normalized spacial score (nSPS) is 29.4. The van der Waals surface area contributed by atoms with E-state index < -0.39 is 18.0 Å². The zero-order valence-electron chi connectivity index (χ0n) is 20.4. The molecule has 2 fully saturated rings. The molecular weight excluding hydrogens is 496 g/mol. The van der Waals surface area contributed by atoms with Gasteiger partial charge in [0.05, 0.1) is 11.8 Å². The van der Waals surface area contributed by atoms with Crippen molar-refractivity contribution in [2.75, 3.05) is 12.0 Å². The summed E-state index contributed by atoms with van der Waals surface area (Å²) in [5.74, 6) is -1.29. The molecule has 5 nitrogen and oxygen atoms in total. The van der Waals surface area contributed by atoms with Gasteiger partial charge in [-0.25, -0.2) is 13.6 Å². The Balaban J connectivity index is 0.00000342. The number of allylic oxidation sites excluding steroid dienone is 2. The predicted molar refractivity (Wildman–Crippen MR) is 137 cm³/mol. The third kappa shape index (κ3) is 6.08. The van der Waals surface area contributed by atoms with Gasteiger partial charge in [0.15, 0.2) is 0 Å². The van der Waals surface area contributed by atoms with Crippen molar-refractivity contribution in [2.24, 2.45) is 11.8 Å². The molecule has 0 aliphatic heterocycles. The Hall–Kier alpha value is -1.51. The van der Waals surface area contributed by atoms with Gasteiger partial charge in [-0.15, -0.1) is 23.7 Å². The summed E-state index contributed by atoms with van der Waals surface area (Å²) < 4.78 is 34.9. The van der Waals surface area contributed by atoms with Crippen molar-refractivity contribution in [2.45, 2.75) is 95.9 Å². The predicted octanol–water partition coefficient (Wildman–Crippen LogP) is 7.19. The average Bonchev–Trinajstić information content (AvgIpc) is 3.24. The number of thiophene rings is 1. The number of halogens is 3. The first kappa shape index (κ1) is 28.1. The maximum absolute atomic E-state index is 14.7. The number of carboxylic acid groups (broad SMARTS) is 1. The molecule has 1 heterocycles. The van der Waals surface area contributed by atoms with Gasteiger partial charge in [-0.1, -0.05) is 6.92 Å². The summed E-state index contributed by atoms with van der Waals surface area (Å²) in [5.41, 5.74) is 0.266. The van der Waals surface area contributed by atoms with Crippen molar-refractivity contribution in [3.8, 4) is 0 Å². The van der Waals surface area contributed by atoms with Gasteiger partial charge < -0.3 is 14.7 Å². The minimum absolute atomic E-state index is 0. The number of nitrogens with zero attached hydrogens (tertiary/aromatic N) is 1. The Kier molecular flexibility index (Phi) is 9.75. The van der Waals surface area contributed by atoms with Crippen LogP contribution in [0.15, 0.2) is 11.9 Å². The standard InChI is InChI=1S/C26H35F2NO4S.ClH/c1-15-6-8-16(9-7-15)25(30)29(17-10-12-18(33-2)13-11-17)21-14-22(34-24(21)26(31)32)23-19(27)4-3-5-20(23)28;/h14-19H,3-13H2,1-2H3,(H,31,32);1H. The van der Waals surface area contributed by atoms with E-state index in [2.05, 4.69) is 6.92 Å². The van der Waals surface area contributed by atoms with Crippen LogP contribution >= 0.6 is 23.7 Å². The summed E-state index contributed by atoms with van der Waals surface area (Å²) in [6, 6.07) is 1.41. The van der Waals surface area contributed by atoms with E-state index in [0.29, 0.717) is 30.9 Å². The molecule has 2 saturated carbocycles. The van der Waals surface area contributed by atoms with Crippen molar-refractivity contribution in [3.63, 3.8) is 0 Å². The molecule has 1 amide bonds. The Morgan fingerprint density at radius 3 is 2.31 bits per heavy atom. The van der Waals surface area contributed by atoms with Gasteiger partial charge in [0.2, 0.25) is 5.91 Å². The molecule has 0 bridgehead atoms. The number of alkyl halides is 1. The molecule has 0 radical (unpaired) electrons. The van der Waals surface area contributed by atoms with Crippen LogP contribution in [0.25, 0.3) is 5.57 Å². The van der Waals surface area contributed by atoms with Crippen molar-refractivity contribution in [3.05, 3.63) is 21.6 Å². The molecule has 9 heteroatoms. The Morgan fingerprint density at radius 2 is 1.74 bits per heavy atom. The van der Waals surface area contributed by atoms with E-state index in [4.69, 9.17) is 4.74 Å². The fraction of sp³-hybridized carbons (Fsp3) is 0.692. The summed E-state index contributed by atoms with van der Waals surface area (Å²) in [5, 5.41) is 10.0. The van der Waals surface area contributed by atoms with E-state index in [9.17, 15) is 23.5 Å². The maximum atomic E-state index is 14.7. The van der Waals surface area contributed by atoms with Crippen LogP contribution in [-0.4, -0.2) is 42.4 Å². The average molecular weight is 532 g/mol. The second-order valence-corrected chi connectivity index (χ2v) is 11.2. The third-order valence-electron chi connectivity index (χ3n) is 7.84. The molecular formula is C26H36ClF2NO4S. The van der Waals surface area contributed by atoms with Crippen LogP contribution < -0.4 is 4.90 Å². The molecule has 1 atom stereocenters. The summed E-state index contributed by atoms with van der Waals surface area (Å²) in [6.45, 7) is 2.19. The number of carboxylic acids is 1. The Labute approximate surface area is 216 Å². The molecule has 35 heavy (non-hydrogen) atoms. The van der Waals surface area contributed by atoms with Gasteiger partial charge in [0, 0.05) is 29.5 Å². The van der Waals surface area contributed by atoms with Crippen LogP contribution in [0.1, 0.15) is 92.1 Å². The first-order valence-electron chi connectivity index (χ1n) is 12.6. The topological polar surface area (TPSA) is 66.8 Å². The SMILES string of the molecule is COC1CCC(N(C(=O)C2CCC(C)CC2)c2cc(C3=C(F)CCCC3F)sc2C(=O)O)CC1.Cl. The number of aromatic carboxylic acids is 1. The number of ether oxygens (including phenoxy) is 1. The van der Waals surface area contributed by atoms with Crippen molar-refractivity contribution < 1.29 is 28.2 Å². The number of rotatable bonds is 6. The highest BCUT2D eigenvalue weighted by molar-refractivity contribution is 7.15. The smallest absolute Gasteiger partial charge is 0.348 e. The van der Waals surface area contributed by atoms with Gasteiger partial charge in [-0.3, -0.25) is 4.79 Å². The molecule has 0 spiro atoms. The van der Waals surface area contributed by atoms with Crippen LogP contribution in [-0.2, 0) is 9.53 Å². The lowest BCUT2D eigenvalue weighted by molar-refractivity contribution is -0.124. The van der Waals surface area contributed by atoms with E-state index in [1.165, 1.54) is 0 Å². The van der Waals surface area contributed by atoms with E-state index in [-0.39, 0.29) is 64.5 Å². The molecule has 1 aromatic rings. The molecule has 3 aliphatic rings. The van der Waals surface area contributed by atoms with Gasteiger partial charge >= 0.3 is 5.97 Å². The van der Waals surface area contributed by atoms with Gasteiger partial charge in [0.25, 0.3) is 0 Å². The number of hydrogen-bond donors (Lipinski definition) is 1. The number of anilines is 1. The van der Waals surface area contributed by atoms with Crippen molar-refractivity contribution in [1.82, 2.24) is 0 Å². The Morgan fingerprint density at radius 1 is 1.09 bits per heavy atom. The third-order valence-corrected chi connectivity index (χ3v) is 8.98. The Bertz CT molecular complexity index is 936. The maximum Gasteiger partial charge on any atom is 0.348 e. The van der Waals surface area contributed by atoms with Crippen LogP contribution in [0, 0.1) is 11.8 Å². The second kappa shape index (κ2) is 12.2. The van der Waals surface area contributed by atoms with Crippen LogP contribution in [0.2, 0.25) is 0 Å².